The minimum atomic E-state index is 0.573. The Morgan fingerprint density at radius 2 is 2.31 bits per heavy atom. The van der Waals surface area contributed by atoms with E-state index >= 15 is 0 Å². The van der Waals surface area contributed by atoms with Crippen molar-refractivity contribution in [2.24, 2.45) is 0 Å². The van der Waals surface area contributed by atoms with Crippen molar-refractivity contribution in [3.05, 3.63) is 35.7 Å². The highest BCUT2D eigenvalue weighted by molar-refractivity contribution is 6.30. The zero-order valence-electron chi connectivity index (χ0n) is 6.68. The molecule has 2 N–H and O–H groups in total. The third-order valence-corrected chi connectivity index (χ3v) is 1.75. The van der Waals surface area contributed by atoms with Crippen LogP contribution in [0, 0.1) is 0 Å². The van der Waals surface area contributed by atoms with Crippen LogP contribution in [0.2, 0.25) is 5.02 Å². The summed E-state index contributed by atoms with van der Waals surface area (Å²) in [6.45, 7) is 0. The standard InChI is InChI=1S/C8H7ClN4/c9-6-4-12-13(5-6)8-3-7(10)1-2-11-8/h1-5H,(H2,10,11). The van der Waals surface area contributed by atoms with E-state index in [9.17, 15) is 0 Å². The van der Waals surface area contributed by atoms with Crippen molar-refractivity contribution in [2.75, 3.05) is 5.73 Å². The fraction of sp³-hybridized carbons (Fsp3) is 0. The third-order valence-electron chi connectivity index (χ3n) is 1.56. The van der Waals surface area contributed by atoms with E-state index in [0.29, 0.717) is 16.5 Å². The number of halogens is 1. The summed E-state index contributed by atoms with van der Waals surface area (Å²) in [6, 6.07) is 3.44. The zero-order valence-corrected chi connectivity index (χ0v) is 7.44. The molecule has 0 atom stereocenters. The van der Waals surface area contributed by atoms with Gasteiger partial charge in [0, 0.05) is 18.0 Å². The minimum Gasteiger partial charge on any atom is -0.399 e. The lowest BCUT2D eigenvalue weighted by atomic mass is 10.4. The fourth-order valence-electron chi connectivity index (χ4n) is 0.986. The second kappa shape index (κ2) is 3.06. The first-order valence-corrected chi connectivity index (χ1v) is 4.05. The highest BCUT2D eigenvalue weighted by atomic mass is 35.5. The molecule has 0 amide bonds. The first kappa shape index (κ1) is 8.07. The number of pyridine rings is 1. The van der Waals surface area contributed by atoms with Gasteiger partial charge in [0.25, 0.3) is 0 Å². The van der Waals surface area contributed by atoms with Crippen LogP contribution in [0.5, 0.6) is 0 Å². The van der Waals surface area contributed by atoms with Crippen LogP contribution in [0.15, 0.2) is 30.7 Å². The number of nitrogens with two attached hydrogens (primary N) is 1. The molecule has 0 unspecified atom stereocenters. The van der Waals surface area contributed by atoms with Crippen LogP contribution in [0.1, 0.15) is 0 Å². The van der Waals surface area contributed by atoms with Crippen LogP contribution >= 0.6 is 11.6 Å². The molecule has 4 nitrogen and oxygen atoms in total. The molecule has 2 rings (SSSR count). The molecule has 0 aromatic carbocycles. The van der Waals surface area contributed by atoms with Gasteiger partial charge >= 0.3 is 0 Å². The molecule has 0 saturated heterocycles. The van der Waals surface area contributed by atoms with E-state index in [4.69, 9.17) is 17.3 Å². The summed E-state index contributed by atoms with van der Waals surface area (Å²) >= 11 is 5.71. The van der Waals surface area contributed by atoms with E-state index in [1.54, 1.807) is 35.4 Å². The van der Waals surface area contributed by atoms with E-state index in [-0.39, 0.29) is 0 Å². The Bertz CT molecular complexity index is 424. The number of aromatic nitrogens is 3. The van der Waals surface area contributed by atoms with Gasteiger partial charge in [-0.3, -0.25) is 0 Å². The number of nitrogen functional groups attached to an aromatic ring is 1. The molecular formula is C8H7ClN4. The van der Waals surface area contributed by atoms with Gasteiger partial charge in [-0.05, 0) is 6.07 Å². The average Bonchev–Trinajstić information content (AvgIpc) is 2.52. The van der Waals surface area contributed by atoms with Crippen LogP contribution in [-0.4, -0.2) is 14.8 Å². The lowest BCUT2D eigenvalue weighted by Gasteiger charge is -1.99. The molecule has 0 bridgehead atoms. The van der Waals surface area contributed by atoms with Gasteiger partial charge < -0.3 is 5.73 Å². The zero-order chi connectivity index (χ0) is 9.26. The number of nitrogens with zero attached hydrogens (tertiary/aromatic N) is 3. The van der Waals surface area contributed by atoms with Crippen molar-refractivity contribution in [3.63, 3.8) is 0 Å². The summed E-state index contributed by atoms with van der Waals surface area (Å²) in [7, 11) is 0. The Morgan fingerprint density at radius 1 is 1.46 bits per heavy atom. The predicted molar refractivity (Wildman–Crippen MR) is 50.8 cm³/mol. The Morgan fingerprint density at radius 3 is 2.92 bits per heavy atom. The summed E-state index contributed by atoms with van der Waals surface area (Å²) in [6.07, 6.45) is 4.84. The Balaban J connectivity index is 2.46. The van der Waals surface area contributed by atoms with E-state index in [1.807, 2.05) is 0 Å². The maximum Gasteiger partial charge on any atom is 0.155 e. The fourth-order valence-corrected chi connectivity index (χ4v) is 1.12. The second-order valence-corrected chi connectivity index (χ2v) is 2.99. The van der Waals surface area contributed by atoms with E-state index < -0.39 is 0 Å². The molecule has 0 aliphatic carbocycles. The van der Waals surface area contributed by atoms with Crippen molar-refractivity contribution in [3.8, 4) is 5.82 Å². The monoisotopic (exact) mass is 194 g/mol. The lowest BCUT2D eigenvalue weighted by Crippen LogP contribution is -1.98. The topological polar surface area (TPSA) is 56.7 Å². The van der Waals surface area contributed by atoms with Gasteiger partial charge in [0.15, 0.2) is 5.82 Å². The van der Waals surface area contributed by atoms with Crippen LogP contribution in [-0.2, 0) is 0 Å². The highest BCUT2D eigenvalue weighted by Gasteiger charge is 1.99. The van der Waals surface area contributed by atoms with Crippen LogP contribution in [0.25, 0.3) is 5.82 Å². The molecule has 0 aliphatic rings. The average molecular weight is 195 g/mol. The van der Waals surface area contributed by atoms with Crippen LogP contribution in [0.4, 0.5) is 5.69 Å². The number of rotatable bonds is 1. The van der Waals surface area contributed by atoms with Crippen molar-refractivity contribution in [1.29, 1.82) is 0 Å². The second-order valence-electron chi connectivity index (χ2n) is 2.55. The maximum absolute atomic E-state index is 5.71. The van der Waals surface area contributed by atoms with Gasteiger partial charge in [-0.2, -0.15) is 5.10 Å². The van der Waals surface area contributed by atoms with Crippen molar-refractivity contribution < 1.29 is 0 Å². The Kier molecular flexibility index (Phi) is 1.90. The molecule has 5 heteroatoms. The van der Waals surface area contributed by atoms with Gasteiger partial charge in [-0.15, -0.1) is 0 Å². The smallest absolute Gasteiger partial charge is 0.155 e. The number of anilines is 1. The molecule has 0 spiro atoms. The molecule has 0 aliphatic heterocycles. The highest BCUT2D eigenvalue weighted by Crippen LogP contribution is 2.11. The minimum absolute atomic E-state index is 0.573. The molecule has 0 radical (unpaired) electrons. The van der Waals surface area contributed by atoms with Crippen molar-refractivity contribution in [1.82, 2.24) is 14.8 Å². The third kappa shape index (κ3) is 1.62. The molecule has 2 aromatic heterocycles. The normalized spacial score (nSPS) is 10.2. The van der Waals surface area contributed by atoms with Crippen molar-refractivity contribution in [2.45, 2.75) is 0 Å². The molecule has 0 saturated carbocycles. The number of hydrogen-bond donors (Lipinski definition) is 1. The van der Waals surface area contributed by atoms with E-state index in [2.05, 4.69) is 10.1 Å². The Hall–Kier alpha value is -1.55. The first-order chi connectivity index (χ1) is 6.25. The van der Waals surface area contributed by atoms with Crippen LogP contribution in [0.3, 0.4) is 0 Å². The largest absolute Gasteiger partial charge is 0.399 e. The molecule has 13 heavy (non-hydrogen) atoms. The molecule has 0 fully saturated rings. The first-order valence-electron chi connectivity index (χ1n) is 3.68. The summed E-state index contributed by atoms with van der Waals surface area (Å²) in [5, 5.41) is 4.57. The predicted octanol–water partition coefficient (Wildman–Crippen LogP) is 1.50. The van der Waals surface area contributed by atoms with E-state index in [0.717, 1.165) is 0 Å². The SMILES string of the molecule is Nc1ccnc(-n2cc(Cl)cn2)c1. The summed E-state index contributed by atoms with van der Waals surface area (Å²) in [5.74, 6) is 0.659. The van der Waals surface area contributed by atoms with E-state index in [1.165, 1.54) is 0 Å². The van der Waals surface area contributed by atoms with Crippen molar-refractivity contribution >= 4 is 17.3 Å². The summed E-state index contributed by atoms with van der Waals surface area (Å²) < 4.78 is 1.57. The quantitative estimate of drug-likeness (QED) is 0.749. The molecule has 2 heterocycles. The van der Waals surface area contributed by atoms with Gasteiger partial charge in [-0.25, -0.2) is 9.67 Å². The van der Waals surface area contributed by atoms with Gasteiger partial charge in [0.2, 0.25) is 0 Å². The molecule has 2 aromatic rings. The maximum atomic E-state index is 5.71. The van der Waals surface area contributed by atoms with Crippen LogP contribution < -0.4 is 5.73 Å². The van der Waals surface area contributed by atoms with Gasteiger partial charge in [0.1, 0.15) is 0 Å². The number of hydrogen-bond acceptors (Lipinski definition) is 3. The lowest BCUT2D eigenvalue weighted by molar-refractivity contribution is 0.847. The van der Waals surface area contributed by atoms with Gasteiger partial charge in [0.05, 0.1) is 17.4 Å². The van der Waals surface area contributed by atoms with Gasteiger partial charge in [-0.1, -0.05) is 11.6 Å². The summed E-state index contributed by atoms with van der Waals surface area (Å²) in [5.41, 5.74) is 6.24. The molecule has 66 valence electrons. The molecular weight excluding hydrogens is 188 g/mol. The summed E-state index contributed by atoms with van der Waals surface area (Å²) in [4.78, 5) is 4.08. The Labute approximate surface area is 80.0 Å².